The zero-order valence-corrected chi connectivity index (χ0v) is 9.28. The molecule has 3 N–H and O–H groups in total. The number of hydrogen-bond acceptors (Lipinski definition) is 4. The Morgan fingerprint density at radius 2 is 2.13 bits per heavy atom. The van der Waals surface area contributed by atoms with Crippen LogP contribution in [0.25, 0.3) is 0 Å². The quantitative estimate of drug-likeness (QED) is 0.533. The molecular formula is C9H19N3O3. The first-order valence-corrected chi connectivity index (χ1v) is 4.93. The fraction of sp³-hybridized carbons (Fsp3) is 0.778. The van der Waals surface area contributed by atoms with Gasteiger partial charge in [-0.05, 0) is 6.92 Å². The van der Waals surface area contributed by atoms with Crippen LogP contribution in [0.2, 0.25) is 0 Å². The second-order valence-corrected chi connectivity index (χ2v) is 2.92. The van der Waals surface area contributed by atoms with Crippen molar-refractivity contribution < 1.29 is 14.3 Å². The minimum absolute atomic E-state index is 0.312. The molecule has 0 fully saturated rings. The van der Waals surface area contributed by atoms with Crippen molar-refractivity contribution in [2.75, 3.05) is 39.9 Å². The average molecular weight is 217 g/mol. The highest BCUT2D eigenvalue weighted by atomic mass is 16.5. The van der Waals surface area contributed by atoms with Crippen LogP contribution in [0.5, 0.6) is 0 Å². The van der Waals surface area contributed by atoms with Gasteiger partial charge in [0.05, 0.1) is 6.61 Å². The van der Waals surface area contributed by atoms with E-state index in [1.54, 1.807) is 7.11 Å². The number of hydrogen-bond donors (Lipinski definition) is 2. The van der Waals surface area contributed by atoms with Crippen molar-refractivity contribution in [3.63, 3.8) is 0 Å². The van der Waals surface area contributed by atoms with Gasteiger partial charge in [0.25, 0.3) is 0 Å². The van der Waals surface area contributed by atoms with Crippen LogP contribution in [0, 0.1) is 0 Å². The Morgan fingerprint density at radius 1 is 1.47 bits per heavy atom. The third kappa shape index (κ3) is 5.34. The first kappa shape index (κ1) is 13.9. The second-order valence-electron chi connectivity index (χ2n) is 2.92. The lowest BCUT2D eigenvalue weighted by Crippen LogP contribution is -2.45. The molecule has 0 radical (unpaired) electrons. The van der Waals surface area contributed by atoms with Gasteiger partial charge >= 0.3 is 11.8 Å². The molecule has 0 saturated heterocycles. The van der Waals surface area contributed by atoms with Crippen molar-refractivity contribution in [2.45, 2.75) is 6.92 Å². The Morgan fingerprint density at radius 3 is 2.60 bits per heavy atom. The van der Waals surface area contributed by atoms with Gasteiger partial charge < -0.3 is 20.7 Å². The Balaban J connectivity index is 4.06. The lowest BCUT2D eigenvalue weighted by molar-refractivity contribution is -0.146. The van der Waals surface area contributed by atoms with Crippen LogP contribution >= 0.6 is 0 Å². The summed E-state index contributed by atoms with van der Waals surface area (Å²) in [6, 6.07) is 0. The maximum Gasteiger partial charge on any atom is 0.311 e. The van der Waals surface area contributed by atoms with Gasteiger partial charge in [0.1, 0.15) is 0 Å². The number of carbonyl (C=O) groups is 2. The number of nitrogens with two attached hydrogens (primary N) is 1. The molecule has 0 aromatic heterocycles. The van der Waals surface area contributed by atoms with E-state index in [9.17, 15) is 9.59 Å². The zero-order valence-electron chi connectivity index (χ0n) is 9.28. The minimum atomic E-state index is -0.613. The number of carbonyl (C=O) groups excluding carboxylic acids is 2. The summed E-state index contributed by atoms with van der Waals surface area (Å²) in [6.45, 7) is 3.77. The van der Waals surface area contributed by atoms with Crippen LogP contribution < -0.4 is 11.1 Å². The summed E-state index contributed by atoms with van der Waals surface area (Å²) in [7, 11) is 1.55. The number of likely N-dealkylation sites (N-methyl/N-ethyl adjacent to an activating group) is 1. The smallest absolute Gasteiger partial charge is 0.311 e. The van der Waals surface area contributed by atoms with E-state index in [0.29, 0.717) is 32.8 Å². The predicted molar refractivity (Wildman–Crippen MR) is 56.2 cm³/mol. The number of nitrogens with zero attached hydrogens (tertiary/aromatic N) is 1. The number of ether oxygens (including phenoxy) is 1. The molecule has 2 amide bonds. The molecular weight excluding hydrogens is 198 g/mol. The molecule has 88 valence electrons. The van der Waals surface area contributed by atoms with Gasteiger partial charge in [-0.3, -0.25) is 9.59 Å². The number of amides is 2. The molecule has 0 spiro atoms. The molecule has 0 aromatic rings. The van der Waals surface area contributed by atoms with Crippen molar-refractivity contribution in [1.29, 1.82) is 0 Å². The fourth-order valence-electron chi connectivity index (χ4n) is 1.01. The molecule has 15 heavy (non-hydrogen) atoms. The van der Waals surface area contributed by atoms with Crippen LogP contribution in [0.15, 0.2) is 0 Å². The largest absolute Gasteiger partial charge is 0.383 e. The van der Waals surface area contributed by atoms with Gasteiger partial charge in [0.15, 0.2) is 0 Å². The highest BCUT2D eigenvalue weighted by Crippen LogP contribution is 1.90. The maximum absolute atomic E-state index is 11.5. The molecule has 0 aliphatic carbocycles. The lowest BCUT2D eigenvalue weighted by atomic mass is 10.4. The Kier molecular flexibility index (Phi) is 7.57. The van der Waals surface area contributed by atoms with E-state index in [1.165, 1.54) is 4.90 Å². The third-order valence-corrected chi connectivity index (χ3v) is 1.86. The number of methoxy groups -OCH3 is 1. The van der Waals surface area contributed by atoms with Gasteiger partial charge in [-0.25, -0.2) is 0 Å². The van der Waals surface area contributed by atoms with Crippen molar-refractivity contribution in [2.24, 2.45) is 5.73 Å². The van der Waals surface area contributed by atoms with E-state index in [1.807, 2.05) is 6.92 Å². The van der Waals surface area contributed by atoms with Crippen molar-refractivity contribution >= 4 is 11.8 Å². The van der Waals surface area contributed by atoms with Gasteiger partial charge in [-0.1, -0.05) is 0 Å². The molecule has 0 heterocycles. The van der Waals surface area contributed by atoms with E-state index in [2.05, 4.69) is 5.32 Å². The molecule has 0 unspecified atom stereocenters. The van der Waals surface area contributed by atoms with Gasteiger partial charge in [0.2, 0.25) is 0 Å². The summed E-state index contributed by atoms with van der Waals surface area (Å²) < 4.78 is 4.84. The summed E-state index contributed by atoms with van der Waals surface area (Å²) in [5.74, 6) is -1.15. The summed E-state index contributed by atoms with van der Waals surface area (Å²) in [5.41, 5.74) is 5.21. The normalized spacial score (nSPS) is 9.80. The summed E-state index contributed by atoms with van der Waals surface area (Å²) >= 11 is 0. The maximum atomic E-state index is 11.5. The monoisotopic (exact) mass is 217 g/mol. The number of rotatable bonds is 6. The van der Waals surface area contributed by atoms with Gasteiger partial charge in [0, 0.05) is 33.3 Å². The molecule has 0 atom stereocenters. The van der Waals surface area contributed by atoms with Crippen molar-refractivity contribution in [1.82, 2.24) is 10.2 Å². The molecule has 0 saturated carbocycles. The molecule has 0 bridgehead atoms. The minimum Gasteiger partial charge on any atom is -0.383 e. The van der Waals surface area contributed by atoms with E-state index in [0.717, 1.165) is 0 Å². The zero-order chi connectivity index (χ0) is 11.7. The molecule has 0 aromatic carbocycles. The average Bonchev–Trinajstić information content (AvgIpc) is 2.26. The van der Waals surface area contributed by atoms with E-state index in [-0.39, 0.29) is 0 Å². The first-order valence-electron chi connectivity index (χ1n) is 4.93. The molecule has 6 nitrogen and oxygen atoms in total. The Bertz CT molecular complexity index is 209. The molecule has 0 aliphatic rings. The van der Waals surface area contributed by atoms with Crippen molar-refractivity contribution in [3.8, 4) is 0 Å². The highest BCUT2D eigenvalue weighted by Gasteiger charge is 2.19. The van der Waals surface area contributed by atoms with Crippen molar-refractivity contribution in [3.05, 3.63) is 0 Å². The first-order chi connectivity index (χ1) is 7.17. The molecule has 0 rings (SSSR count). The van der Waals surface area contributed by atoms with E-state index >= 15 is 0 Å². The number of nitrogens with one attached hydrogen (secondary N) is 1. The van der Waals surface area contributed by atoms with Crippen LogP contribution in [0.3, 0.4) is 0 Å². The Hall–Kier alpha value is -1.14. The molecule has 0 aliphatic heterocycles. The Labute approximate surface area is 89.7 Å². The van der Waals surface area contributed by atoms with Crippen LogP contribution in [0.4, 0.5) is 0 Å². The van der Waals surface area contributed by atoms with Gasteiger partial charge in [-0.2, -0.15) is 0 Å². The molecule has 6 heteroatoms. The van der Waals surface area contributed by atoms with E-state index in [4.69, 9.17) is 10.5 Å². The van der Waals surface area contributed by atoms with Crippen LogP contribution in [0.1, 0.15) is 6.92 Å². The van der Waals surface area contributed by atoms with E-state index < -0.39 is 11.8 Å². The van der Waals surface area contributed by atoms with Crippen LogP contribution in [-0.4, -0.2) is 56.6 Å². The summed E-state index contributed by atoms with van der Waals surface area (Å²) in [5, 5.41) is 2.43. The lowest BCUT2D eigenvalue weighted by Gasteiger charge is -2.19. The standard InChI is InChI=1S/C9H19N3O3/c1-3-12(6-7-15-2)9(14)8(13)11-5-4-10/h3-7,10H2,1-2H3,(H,11,13). The van der Waals surface area contributed by atoms with Gasteiger partial charge in [-0.15, -0.1) is 0 Å². The summed E-state index contributed by atoms with van der Waals surface area (Å²) in [6.07, 6.45) is 0. The SMILES string of the molecule is CCN(CCOC)C(=O)C(=O)NCCN. The topological polar surface area (TPSA) is 84.7 Å². The second kappa shape index (κ2) is 8.19. The summed E-state index contributed by atoms with van der Waals surface area (Å²) in [4.78, 5) is 24.2. The fourth-order valence-corrected chi connectivity index (χ4v) is 1.01. The highest BCUT2D eigenvalue weighted by molar-refractivity contribution is 6.34. The van der Waals surface area contributed by atoms with Crippen LogP contribution in [-0.2, 0) is 14.3 Å². The predicted octanol–water partition coefficient (Wildman–Crippen LogP) is -1.44. The third-order valence-electron chi connectivity index (χ3n) is 1.86.